The summed E-state index contributed by atoms with van der Waals surface area (Å²) in [4.78, 5) is 5.40. The highest BCUT2D eigenvalue weighted by molar-refractivity contribution is 7.13. The topological polar surface area (TPSA) is 64.9 Å². The fourth-order valence-corrected chi connectivity index (χ4v) is 2.13. The summed E-state index contributed by atoms with van der Waals surface area (Å²) in [5.74, 6) is 1.79. The van der Waals surface area contributed by atoms with Crippen molar-refractivity contribution >= 4 is 11.3 Å². The zero-order valence-corrected chi connectivity index (χ0v) is 10.0. The predicted octanol–water partition coefficient (Wildman–Crippen LogP) is 2.33. The minimum atomic E-state index is 0.427. The van der Waals surface area contributed by atoms with Crippen LogP contribution in [0.4, 0.5) is 0 Å². The Balaban J connectivity index is 2.08. The van der Waals surface area contributed by atoms with Crippen LogP contribution in [0.15, 0.2) is 22.0 Å². The zero-order chi connectivity index (χ0) is 11.4. The molecular weight excluding hydrogens is 222 g/mol. The molecule has 0 bridgehead atoms. The summed E-state index contributed by atoms with van der Waals surface area (Å²) in [5, 5.41) is 5.96. The molecule has 1 unspecified atom stereocenters. The molecule has 86 valence electrons. The highest BCUT2D eigenvalue weighted by Gasteiger charge is 2.13. The molecule has 5 heteroatoms. The van der Waals surface area contributed by atoms with Gasteiger partial charge < -0.3 is 10.3 Å². The second-order valence-corrected chi connectivity index (χ2v) is 4.65. The lowest BCUT2D eigenvalue weighted by Crippen LogP contribution is -2.15. The van der Waals surface area contributed by atoms with E-state index in [4.69, 9.17) is 10.3 Å². The van der Waals surface area contributed by atoms with Gasteiger partial charge in [0.2, 0.25) is 11.7 Å². The van der Waals surface area contributed by atoms with E-state index in [1.807, 2.05) is 17.5 Å². The van der Waals surface area contributed by atoms with Crippen molar-refractivity contribution in [2.45, 2.75) is 19.8 Å². The van der Waals surface area contributed by atoms with E-state index in [1.165, 1.54) is 0 Å². The standard InChI is InChI=1S/C11H15N3OS/c1-2-8(7-12)6-10-13-11(14-15-10)9-4-3-5-16-9/h3-5,8H,2,6-7,12H2,1H3. The maximum Gasteiger partial charge on any atom is 0.227 e. The molecule has 4 nitrogen and oxygen atoms in total. The summed E-state index contributed by atoms with van der Waals surface area (Å²) in [5.41, 5.74) is 5.64. The van der Waals surface area contributed by atoms with E-state index >= 15 is 0 Å². The molecule has 16 heavy (non-hydrogen) atoms. The lowest BCUT2D eigenvalue weighted by Gasteiger charge is -2.07. The third kappa shape index (κ3) is 2.48. The van der Waals surface area contributed by atoms with Crippen molar-refractivity contribution in [1.29, 1.82) is 0 Å². The summed E-state index contributed by atoms with van der Waals surface area (Å²) in [7, 11) is 0. The summed E-state index contributed by atoms with van der Waals surface area (Å²) in [6, 6.07) is 3.96. The second kappa shape index (κ2) is 5.23. The molecule has 0 radical (unpaired) electrons. The number of hydrogen-bond acceptors (Lipinski definition) is 5. The van der Waals surface area contributed by atoms with Gasteiger partial charge in [0.1, 0.15) is 0 Å². The minimum Gasteiger partial charge on any atom is -0.339 e. The van der Waals surface area contributed by atoms with Crippen LogP contribution in [0.3, 0.4) is 0 Å². The lowest BCUT2D eigenvalue weighted by atomic mass is 10.0. The van der Waals surface area contributed by atoms with Crippen LogP contribution in [-0.2, 0) is 6.42 Å². The van der Waals surface area contributed by atoms with Gasteiger partial charge >= 0.3 is 0 Å². The average Bonchev–Trinajstić information content (AvgIpc) is 2.96. The van der Waals surface area contributed by atoms with E-state index in [1.54, 1.807) is 11.3 Å². The maximum absolute atomic E-state index is 5.64. The van der Waals surface area contributed by atoms with Gasteiger partial charge in [0.05, 0.1) is 4.88 Å². The Morgan fingerprint density at radius 1 is 1.56 bits per heavy atom. The van der Waals surface area contributed by atoms with Crippen LogP contribution in [0.1, 0.15) is 19.2 Å². The first kappa shape index (κ1) is 11.3. The first-order valence-corrected chi connectivity index (χ1v) is 6.28. The quantitative estimate of drug-likeness (QED) is 0.866. The molecule has 0 fully saturated rings. The Morgan fingerprint density at radius 2 is 2.44 bits per heavy atom. The van der Waals surface area contributed by atoms with Crippen molar-refractivity contribution < 1.29 is 4.52 Å². The first-order chi connectivity index (χ1) is 7.83. The number of aromatic nitrogens is 2. The van der Waals surface area contributed by atoms with Crippen molar-refractivity contribution in [2.75, 3.05) is 6.54 Å². The fraction of sp³-hybridized carbons (Fsp3) is 0.455. The van der Waals surface area contributed by atoms with E-state index in [0.29, 0.717) is 24.2 Å². The fourth-order valence-electron chi connectivity index (χ4n) is 1.48. The molecule has 2 heterocycles. The highest BCUT2D eigenvalue weighted by Crippen LogP contribution is 2.22. The smallest absolute Gasteiger partial charge is 0.227 e. The maximum atomic E-state index is 5.64. The Hall–Kier alpha value is -1.20. The Bertz CT molecular complexity index is 420. The molecule has 2 aromatic heterocycles. The van der Waals surface area contributed by atoms with Crippen molar-refractivity contribution in [3.8, 4) is 10.7 Å². The average molecular weight is 237 g/mol. The van der Waals surface area contributed by atoms with Crippen molar-refractivity contribution in [3.05, 3.63) is 23.4 Å². The van der Waals surface area contributed by atoms with Gasteiger partial charge in [0.25, 0.3) is 0 Å². The number of rotatable bonds is 5. The summed E-state index contributed by atoms with van der Waals surface area (Å²) < 4.78 is 5.21. The third-order valence-corrected chi connectivity index (χ3v) is 3.45. The van der Waals surface area contributed by atoms with Gasteiger partial charge in [-0.3, -0.25) is 0 Å². The molecule has 0 aromatic carbocycles. The van der Waals surface area contributed by atoms with Gasteiger partial charge in [-0.15, -0.1) is 11.3 Å². The van der Waals surface area contributed by atoms with E-state index in [2.05, 4.69) is 17.1 Å². The SMILES string of the molecule is CCC(CN)Cc1nc(-c2cccs2)no1. The van der Waals surface area contributed by atoms with Crippen LogP contribution < -0.4 is 5.73 Å². The van der Waals surface area contributed by atoms with Crippen LogP contribution >= 0.6 is 11.3 Å². The Kier molecular flexibility index (Phi) is 3.69. The largest absolute Gasteiger partial charge is 0.339 e. The number of nitrogens with two attached hydrogens (primary N) is 1. The van der Waals surface area contributed by atoms with Crippen LogP contribution in [0.2, 0.25) is 0 Å². The van der Waals surface area contributed by atoms with Crippen molar-refractivity contribution in [2.24, 2.45) is 11.7 Å². The summed E-state index contributed by atoms with van der Waals surface area (Å²) in [6.07, 6.45) is 1.80. The highest BCUT2D eigenvalue weighted by atomic mass is 32.1. The minimum absolute atomic E-state index is 0.427. The van der Waals surface area contributed by atoms with Crippen molar-refractivity contribution in [3.63, 3.8) is 0 Å². The summed E-state index contributed by atoms with van der Waals surface area (Å²) in [6.45, 7) is 2.78. The van der Waals surface area contributed by atoms with Gasteiger partial charge in [-0.05, 0) is 23.9 Å². The van der Waals surface area contributed by atoms with Gasteiger partial charge in [0, 0.05) is 6.42 Å². The van der Waals surface area contributed by atoms with E-state index in [-0.39, 0.29) is 0 Å². The van der Waals surface area contributed by atoms with E-state index < -0.39 is 0 Å². The van der Waals surface area contributed by atoms with Gasteiger partial charge in [-0.25, -0.2) is 0 Å². The predicted molar refractivity (Wildman–Crippen MR) is 64.2 cm³/mol. The Labute approximate surface area is 98.5 Å². The van der Waals surface area contributed by atoms with Crippen LogP contribution in [-0.4, -0.2) is 16.7 Å². The molecule has 2 rings (SSSR count). The van der Waals surface area contributed by atoms with Crippen LogP contribution in [0.5, 0.6) is 0 Å². The molecule has 0 amide bonds. The number of thiophene rings is 1. The Morgan fingerprint density at radius 3 is 3.06 bits per heavy atom. The molecule has 0 spiro atoms. The monoisotopic (exact) mass is 237 g/mol. The second-order valence-electron chi connectivity index (χ2n) is 3.70. The van der Waals surface area contributed by atoms with Crippen LogP contribution in [0.25, 0.3) is 10.7 Å². The number of nitrogens with zero attached hydrogens (tertiary/aromatic N) is 2. The van der Waals surface area contributed by atoms with Gasteiger partial charge in [0.15, 0.2) is 0 Å². The third-order valence-electron chi connectivity index (χ3n) is 2.58. The normalized spacial score (nSPS) is 12.9. The molecular formula is C11H15N3OS. The van der Waals surface area contributed by atoms with Crippen LogP contribution in [0, 0.1) is 5.92 Å². The molecule has 0 aliphatic rings. The molecule has 0 saturated heterocycles. The first-order valence-electron chi connectivity index (χ1n) is 5.40. The molecule has 2 aromatic rings. The molecule has 0 saturated carbocycles. The zero-order valence-electron chi connectivity index (χ0n) is 9.22. The van der Waals surface area contributed by atoms with Gasteiger partial charge in [-0.1, -0.05) is 24.6 Å². The molecule has 1 atom stereocenters. The summed E-state index contributed by atoms with van der Waals surface area (Å²) >= 11 is 1.61. The van der Waals surface area contributed by atoms with Gasteiger partial charge in [-0.2, -0.15) is 4.98 Å². The molecule has 0 aliphatic heterocycles. The van der Waals surface area contributed by atoms with E-state index in [0.717, 1.165) is 17.7 Å². The van der Waals surface area contributed by atoms with E-state index in [9.17, 15) is 0 Å². The molecule has 2 N–H and O–H groups in total. The number of hydrogen-bond donors (Lipinski definition) is 1. The molecule has 0 aliphatic carbocycles. The lowest BCUT2D eigenvalue weighted by molar-refractivity contribution is 0.351. The van der Waals surface area contributed by atoms with Crippen molar-refractivity contribution in [1.82, 2.24) is 10.1 Å².